The third kappa shape index (κ3) is 4.08. The van der Waals surface area contributed by atoms with E-state index in [2.05, 4.69) is 50.1 Å². The lowest BCUT2D eigenvalue weighted by Crippen LogP contribution is -2.25. The minimum atomic E-state index is -0.0416. The molecule has 0 atom stereocenters. The predicted molar refractivity (Wildman–Crippen MR) is 101 cm³/mol. The number of carbonyl (C=O) groups excluding carboxylic acids is 1. The second kappa shape index (κ2) is 6.71. The largest absolute Gasteiger partial charge is 0.352 e. The van der Waals surface area contributed by atoms with Crippen molar-refractivity contribution in [2.24, 2.45) is 0 Å². The van der Waals surface area contributed by atoms with Crippen molar-refractivity contribution in [1.82, 2.24) is 14.7 Å². The van der Waals surface area contributed by atoms with E-state index in [0.717, 1.165) is 11.3 Å². The van der Waals surface area contributed by atoms with Gasteiger partial charge in [-0.15, -0.1) is 0 Å². The number of pyridine rings is 1. The molecule has 2 heterocycles. The number of amides is 1. The van der Waals surface area contributed by atoms with Gasteiger partial charge in [0.05, 0.1) is 5.69 Å². The van der Waals surface area contributed by atoms with Gasteiger partial charge in [0.2, 0.25) is 0 Å². The molecular formula is C21H25N3O. The maximum absolute atomic E-state index is 12.3. The van der Waals surface area contributed by atoms with Crippen molar-refractivity contribution in [2.75, 3.05) is 6.54 Å². The Morgan fingerprint density at radius 2 is 1.88 bits per heavy atom. The fraction of sp³-hybridized carbons (Fsp3) is 0.333. The fourth-order valence-electron chi connectivity index (χ4n) is 2.78. The topological polar surface area (TPSA) is 46.4 Å². The SMILES string of the molecule is Cc1ccn2cc(CCNC(=O)c3ccc(C(C)(C)C)cc3)nc2c1. The summed E-state index contributed by atoms with van der Waals surface area (Å²) >= 11 is 0. The number of carbonyl (C=O) groups is 1. The average Bonchev–Trinajstić information content (AvgIpc) is 2.96. The Bertz CT molecular complexity index is 886. The minimum absolute atomic E-state index is 0.0416. The van der Waals surface area contributed by atoms with Gasteiger partial charge in [0.25, 0.3) is 5.91 Å². The Kier molecular flexibility index (Phi) is 4.62. The van der Waals surface area contributed by atoms with Crippen LogP contribution in [-0.2, 0) is 11.8 Å². The first-order chi connectivity index (χ1) is 11.8. The molecule has 0 aliphatic rings. The van der Waals surface area contributed by atoms with Crippen LogP contribution in [0, 0.1) is 6.92 Å². The van der Waals surface area contributed by atoms with Gasteiger partial charge in [0.1, 0.15) is 5.65 Å². The van der Waals surface area contributed by atoms with Gasteiger partial charge in [-0.2, -0.15) is 0 Å². The van der Waals surface area contributed by atoms with Gasteiger partial charge in [-0.05, 0) is 47.7 Å². The molecule has 1 N–H and O–H groups in total. The molecule has 130 valence electrons. The van der Waals surface area contributed by atoms with Gasteiger partial charge < -0.3 is 9.72 Å². The van der Waals surface area contributed by atoms with Gasteiger partial charge in [-0.1, -0.05) is 32.9 Å². The number of rotatable bonds is 4. The molecule has 0 saturated carbocycles. The van der Waals surface area contributed by atoms with Crippen LogP contribution in [0.25, 0.3) is 5.65 Å². The molecule has 0 bridgehead atoms. The highest BCUT2D eigenvalue weighted by atomic mass is 16.1. The average molecular weight is 335 g/mol. The summed E-state index contributed by atoms with van der Waals surface area (Å²) < 4.78 is 2.01. The summed E-state index contributed by atoms with van der Waals surface area (Å²) in [7, 11) is 0. The monoisotopic (exact) mass is 335 g/mol. The van der Waals surface area contributed by atoms with Crippen LogP contribution in [0.3, 0.4) is 0 Å². The van der Waals surface area contributed by atoms with Crippen LogP contribution in [0.4, 0.5) is 0 Å². The van der Waals surface area contributed by atoms with E-state index in [1.165, 1.54) is 11.1 Å². The standard InChI is InChI=1S/C21H25N3O/c1-15-10-12-24-14-18(23-19(24)13-15)9-11-22-20(25)16-5-7-17(8-6-16)21(2,3)4/h5-8,10,12-14H,9,11H2,1-4H3,(H,22,25). The quantitative estimate of drug-likeness (QED) is 0.786. The molecule has 3 aromatic rings. The molecule has 1 amide bonds. The van der Waals surface area contributed by atoms with E-state index < -0.39 is 0 Å². The molecule has 0 radical (unpaired) electrons. The maximum Gasteiger partial charge on any atom is 0.251 e. The van der Waals surface area contributed by atoms with Crippen molar-refractivity contribution in [3.63, 3.8) is 0 Å². The lowest BCUT2D eigenvalue weighted by molar-refractivity contribution is 0.0954. The van der Waals surface area contributed by atoms with Crippen molar-refractivity contribution in [2.45, 2.75) is 39.5 Å². The van der Waals surface area contributed by atoms with E-state index in [-0.39, 0.29) is 11.3 Å². The van der Waals surface area contributed by atoms with Crippen LogP contribution in [0.2, 0.25) is 0 Å². The summed E-state index contributed by atoms with van der Waals surface area (Å²) in [5, 5.41) is 2.97. The number of fused-ring (bicyclic) bond motifs is 1. The normalized spacial score (nSPS) is 11.7. The number of imidazole rings is 1. The third-order valence-electron chi connectivity index (χ3n) is 4.35. The molecular weight excluding hydrogens is 310 g/mol. The number of benzene rings is 1. The molecule has 0 unspecified atom stereocenters. The van der Waals surface area contributed by atoms with Crippen molar-refractivity contribution in [3.05, 3.63) is 71.2 Å². The Hall–Kier alpha value is -2.62. The van der Waals surface area contributed by atoms with Crippen molar-refractivity contribution < 1.29 is 4.79 Å². The summed E-state index contributed by atoms with van der Waals surface area (Å²) in [5.41, 5.74) is 5.13. The summed E-state index contributed by atoms with van der Waals surface area (Å²) in [4.78, 5) is 16.9. The zero-order valence-electron chi connectivity index (χ0n) is 15.3. The molecule has 0 aliphatic heterocycles. The fourth-order valence-corrected chi connectivity index (χ4v) is 2.78. The maximum atomic E-state index is 12.3. The lowest BCUT2D eigenvalue weighted by atomic mass is 9.87. The predicted octanol–water partition coefficient (Wildman–Crippen LogP) is 3.91. The minimum Gasteiger partial charge on any atom is -0.352 e. The zero-order chi connectivity index (χ0) is 18.0. The van der Waals surface area contributed by atoms with E-state index >= 15 is 0 Å². The number of hydrogen-bond donors (Lipinski definition) is 1. The van der Waals surface area contributed by atoms with Crippen molar-refractivity contribution in [1.29, 1.82) is 0 Å². The molecule has 0 saturated heterocycles. The zero-order valence-corrected chi connectivity index (χ0v) is 15.3. The van der Waals surface area contributed by atoms with Crippen LogP contribution < -0.4 is 5.32 Å². The molecule has 0 spiro atoms. The highest BCUT2D eigenvalue weighted by molar-refractivity contribution is 5.94. The van der Waals surface area contributed by atoms with Crippen LogP contribution in [0.1, 0.15) is 48.0 Å². The first kappa shape index (κ1) is 17.2. The van der Waals surface area contributed by atoms with Gasteiger partial charge in [0.15, 0.2) is 0 Å². The van der Waals surface area contributed by atoms with Gasteiger partial charge in [0, 0.05) is 30.9 Å². The van der Waals surface area contributed by atoms with Gasteiger partial charge >= 0.3 is 0 Å². The first-order valence-corrected chi connectivity index (χ1v) is 8.66. The first-order valence-electron chi connectivity index (χ1n) is 8.66. The van der Waals surface area contributed by atoms with E-state index in [1.54, 1.807) is 0 Å². The summed E-state index contributed by atoms with van der Waals surface area (Å²) in [6, 6.07) is 12.0. The highest BCUT2D eigenvalue weighted by Crippen LogP contribution is 2.22. The van der Waals surface area contributed by atoms with Crippen LogP contribution in [0.5, 0.6) is 0 Å². The molecule has 2 aromatic heterocycles. The molecule has 0 fully saturated rings. The van der Waals surface area contributed by atoms with Crippen LogP contribution in [-0.4, -0.2) is 21.8 Å². The second-order valence-corrected chi connectivity index (χ2v) is 7.54. The van der Waals surface area contributed by atoms with Crippen molar-refractivity contribution in [3.8, 4) is 0 Å². The van der Waals surface area contributed by atoms with E-state index in [1.807, 2.05) is 41.1 Å². The van der Waals surface area contributed by atoms with Gasteiger partial charge in [-0.3, -0.25) is 4.79 Å². The molecule has 4 heteroatoms. The summed E-state index contributed by atoms with van der Waals surface area (Å²) in [6.07, 6.45) is 4.74. The lowest BCUT2D eigenvalue weighted by Gasteiger charge is -2.19. The number of hydrogen-bond acceptors (Lipinski definition) is 2. The Morgan fingerprint density at radius 3 is 2.56 bits per heavy atom. The number of nitrogens with zero attached hydrogens (tertiary/aromatic N) is 2. The number of aromatic nitrogens is 2. The highest BCUT2D eigenvalue weighted by Gasteiger charge is 2.14. The van der Waals surface area contributed by atoms with E-state index in [9.17, 15) is 4.79 Å². The molecule has 1 aromatic carbocycles. The second-order valence-electron chi connectivity index (χ2n) is 7.54. The Balaban J connectivity index is 1.58. The number of aryl methyl sites for hydroxylation is 1. The summed E-state index contributed by atoms with van der Waals surface area (Å²) in [6.45, 7) is 9.12. The molecule has 4 nitrogen and oxygen atoms in total. The van der Waals surface area contributed by atoms with Crippen LogP contribution >= 0.6 is 0 Å². The van der Waals surface area contributed by atoms with E-state index in [0.29, 0.717) is 18.5 Å². The van der Waals surface area contributed by atoms with E-state index in [4.69, 9.17) is 0 Å². The van der Waals surface area contributed by atoms with Crippen LogP contribution in [0.15, 0.2) is 48.8 Å². The molecule has 25 heavy (non-hydrogen) atoms. The molecule has 3 rings (SSSR count). The molecule has 0 aliphatic carbocycles. The smallest absolute Gasteiger partial charge is 0.251 e. The Labute approximate surface area is 148 Å². The van der Waals surface area contributed by atoms with Crippen molar-refractivity contribution >= 4 is 11.6 Å². The third-order valence-corrected chi connectivity index (χ3v) is 4.35. The summed E-state index contributed by atoms with van der Waals surface area (Å²) in [5.74, 6) is -0.0416. The number of nitrogens with one attached hydrogen (secondary N) is 1. The van der Waals surface area contributed by atoms with Gasteiger partial charge in [-0.25, -0.2) is 4.98 Å². The Morgan fingerprint density at radius 1 is 1.16 bits per heavy atom.